The second-order valence-corrected chi connectivity index (χ2v) is 5.03. The highest BCUT2D eigenvalue weighted by Gasteiger charge is 2.11. The molecule has 1 aromatic heterocycles. The molecule has 2 amide bonds. The summed E-state index contributed by atoms with van der Waals surface area (Å²) in [7, 11) is 0. The van der Waals surface area contributed by atoms with E-state index in [4.69, 9.17) is 0 Å². The van der Waals surface area contributed by atoms with Gasteiger partial charge in [-0.2, -0.15) is 0 Å². The SMILES string of the molecule is CCCCNC(=O)c1cncc(C(=O)Nc2ccc(F)cc2)c1. The Balaban J connectivity index is 2.04. The average molecular weight is 315 g/mol. The number of nitrogens with zero attached hydrogens (tertiary/aromatic N) is 1. The van der Waals surface area contributed by atoms with E-state index in [9.17, 15) is 14.0 Å². The van der Waals surface area contributed by atoms with E-state index in [1.807, 2.05) is 6.92 Å². The van der Waals surface area contributed by atoms with Crippen LogP contribution < -0.4 is 10.6 Å². The number of carbonyl (C=O) groups is 2. The van der Waals surface area contributed by atoms with E-state index in [1.54, 1.807) is 0 Å². The molecule has 0 bridgehead atoms. The van der Waals surface area contributed by atoms with E-state index in [1.165, 1.54) is 42.7 Å². The van der Waals surface area contributed by atoms with Crippen LogP contribution in [0.3, 0.4) is 0 Å². The maximum absolute atomic E-state index is 12.8. The minimum absolute atomic E-state index is 0.262. The highest BCUT2D eigenvalue weighted by molar-refractivity contribution is 6.05. The van der Waals surface area contributed by atoms with Crippen LogP contribution in [-0.2, 0) is 0 Å². The van der Waals surface area contributed by atoms with Gasteiger partial charge in [0.15, 0.2) is 0 Å². The summed E-state index contributed by atoms with van der Waals surface area (Å²) in [6, 6.07) is 6.91. The number of rotatable bonds is 6. The van der Waals surface area contributed by atoms with Gasteiger partial charge in [0.05, 0.1) is 11.1 Å². The fourth-order valence-electron chi connectivity index (χ4n) is 1.91. The van der Waals surface area contributed by atoms with Gasteiger partial charge >= 0.3 is 0 Å². The van der Waals surface area contributed by atoms with Crippen molar-refractivity contribution in [2.24, 2.45) is 0 Å². The van der Waals surface area contributed by atoms with Crippen LogP contribution in [0.2, 0.25) is 0 Å². The molecule has 0 saturated heterocycles. The molecule has 6 heteroatoms. The topological polar surface area (TPSA) is 71.1 Å². The summed E-state index contributed by atoms with van der Waals surface area (Å²) in [6.07, 6.45) is 4.67. The average Bonchev–Trinajstić information content (AvgIpc) is 2.57. The minimum Gasteiger partial charge on any atom is -0.352 e. The molecule has 0 unspecified atom stereocenters. The Hall–Kier alpha value is -2.76. The van der Waals surface area contributed by atoms with Gasteiger partial charge in [-0.05, 0) is 36.8 Å². The van der Waals surface area contributed by atoms with Crippen molar-refractivity contribution in [2.75, 3.05) is 11.9 Å². The van der Waals surface area contributed by atoms with Crippen LogP contribution >= 0.6 is 0 Å². The van der Waals surface area contributed by atoms with Crippen LogP contribution in [-0.4, -0.2) is 23.3 Å². The number of aromatic nitrogens is 1. The molecule has 0 radical (unpaired) electrons. The molecule has 0 saturated carbocycles. The van der Waals surface area contributed by atoms with Gasteiger partial charge in [-0.3, -0.25) is 14.6 Å². The zero-order valence-corrected chi connectivity index (χ0v) is 12.8. The molecule has 1 aromatic carbocycles. The number of hydrogen-bond acceptors (Lipinski definition) is 3. The molecule has 0 aliphatic rings. The van der Waals surface area contributed by atoms with Crippen molar-refractivity contribution in [3.05, 3.63) is 59.7 Å². The highest BCUT2D eigenvalue weighted by atomic mass is 19.1. The Morgan fingerprint density at radius 3 is 2.39 bits per heavy atom. The van der Waals surface area contributed by atoms with Crippen molar-refractivity contribution in [2.45, 2.75) is 19.8 Å². The van der Waals surface area contributed by atoms with Crippen LogP contribution in [0.4, 0.5) is 10.1 Å². The predicted octanol–water partition coefficient (Wildman–Crippen LogP) is 3.00. The van der Waals surface area contributed by atoms with Gasteiger partial charge in [0.2, 0.25) is 0 Å². The molecule has 2 aromatic rings. The monoisotopic (exact) mass is 315 g/mol. The predicted molar refractivity (Wildman–Crippen MR) is 85.8 cm³/mol. The lowest BCUT2D eigenvalue weighted by atomic mass is 10.1. The van der Waals surface area contributed by atoms with Crippen molar-refractivity contribution < 1.29 is 14.0 Å². The Morgan fingerprint density at radius 1 is 1.09 bits per heavy atom. The first-order chi connectivity index (χ1) is 11.1. The van der Waals surface area contributed by atoms with Crippen molar-refractivity contribution >= 4 is 17.5 Å². The molecule has 1 heterocycles. The van der Waals surface area contributed by atoms with Crippen LogP contribution in [0.25, 0.3) is 0 Å². The molecule has 2 rings (SSSR count). The molecule has 0 aliphatic carbocycles. The van der Waals surface area contributed by atoms with Crippen LogP contribution in [0.1, 0.15) is 40.5 Å². The third-order valence-electron chi connectivity index (χ3n) is 3.18. The van der Waals surface area contributed by atoms with E-state index in [0.29, 0.717) is 17.8 Å². The molecule has 0 spiro atoms. The molecular formula is C17H18FN3O2. The Bertz CT molecular complexity index is 686. The number of amides is 2. The summed E-state index contributed by atoms with van der Waals surface area (Å²) < 4.78 is 12.8. The summed E-state index contributed by atoms with van der Waals surface area (Å²) in [4.78, 5) is 28.1. The Morgan fingerprint density at radius 2 is 1.74 bits per heavy atom. The lowest BCUT2D eigenvalue weighted by Gasteiger charge is -2.07. The number of benzene rings is 1. The lowest BCUT2D eigenvalue weighted by molar-refractivity contribution is 0.0953. The number of anilines is 1. The molecule has 23 heavy (non-hydrogen) atoms. The van der Waals surface area contributed by atoms with Gasteiger partial charge < -0.3 is 10.6 Å². The van der Waals surface area contributed by atoms with E-state index >= 15 is 0 Å². The van der Waals surface area contributed by atoms with Crippen LogP contribution in [0, 0.1) is 5.82 Å². The Kier molecular flexibility index (Phi) is 5.80. The number of hydrogen-bond donors (Lipinski definition) is 2. The fourth-order valence-corrected chi connectivity index (χ4v) is 1.91. The second-order valence-electron chi connectivity index (χ2n) is 5.03. The number of carbonyl (C=O) groups excluding carboxylic acids is 2. The molecule has 5 nitrogen and oxygen atoms in total. The summed E-state index contributed by atoms with van der Waals surface area (Å²) in [5.41, 5.74) is 1.06. The highest BCUT2D eigenvalue weighted by Crippen LogP contribution is 2.11. The quantitative estimate of drug-likeness (QED) is 0.805. The first-order valence-electron chi connectivity index (χ1n) is 7.40. The molecular weight excluding hydrogens is 297 g/mol. The third kappa shape index (κ3) is 4.88. The van der Waals surface area contributed by atoms with Gasteiger partial charge in [-0.15, -0.1) is 0 Å². The number of unbranched alkanes of at least 4 members (excludes halogenated alkanes) is 1. The summed E-state index contributed by atoms with van der Waals surface area (Å²) in [5.74, 6) is -1.05. The van der Waals surface area contributed by atoms with Crippen LogP contribution in [0.15, 0.2) is 42.7 Å². The first-order valence-corrected chi connectivity index (χ1v) is 7.40. The number of nitrogens with one attached hydrogen (secondary N) is 2. The van der Waals surface area contributed by atoms with Crippen molar-refractivity contribution in [3.63, 3.8) is 0 Å². The molecule has 0 aliphatic heterocycles. The summed E-state index contributed by atoms with van der Waals surface area (Å²) in [5, 5.41) is 5.40. The van der Waals surface area contributed by atoms with Gasteiger partial charge in [-0.25, -0.2) is 4.39 Å². The summed E-state index contributed by atoms with van der Waals surface area (Å²) >= 11 is 0. The van der Waals surface area contributed by atoms with Gasteiger partial charge in [0.1, 0.15) is 5.82 Å². The van der Waals surface area contributed by atoms with E-state index in [2.05, 4.69) is 15.6 Å². The standard InChI is InChI=1S/C17H18FN3O2/c1-2-3-8-20-16(22)12-9-13(11-19-10-12)17(23)21-15-6-4-14(18)5-7-15/h4-7,9-11H,2-3,8H2,1H3,(H,20,22)(H,21,23). The first kappa shape index (κ1) is 16.6. The molecule has 120 valence electrons. The van der Waals surface area contributed by atoms with Crippen molar-refractivity contribution in [1.82, 2.24) is 10.3 Å². The summed E-state index contributed by atoms with van der Waals surface area (Å²) in [6.45, 7) is 2.62. The fraction of sp³-hybridized carbons (Fsp3) is 0.235. The maximum Gasteiger partial charge on any atom is 0.257 e. The smallest absolute Gasteiger partial charge is 0.257 e. The van der Waals surface area contributed by atoms with Crippen molar-refractivity contribution in [1.29, 1.82) is 0 Å². The van der Waals surface area contributed by atoms with E-state index in [0.717, 1.165) is 12.8 Å². The second kappa shape index (κ2) is 8.03. The lowest BCUT2D eigenvalue weighted by Crippen LogP contribution is -2.25. The Labute approximate surface area is 133 Å². The normalized spacial score (nSPS) is 10.2. The van der Waals surface area contributed by atoms with Gasteiger partial charge in [0.25, 0.3) is 11.8 Å². The third-order valence-corrected chi connectivity index (χ3v) is 3.18. The largest absolute Gasteiger partial charge is 0.352 e. The molecule has 2 N–H and O–H groups in total. The van der Waals surface area contributed by atoms with Gasteiger partial charge in [-0.1, -0.05) is 13.3 Å². The van der Waals surface area contributed by atoms with Crippen LogP contribution in [0.5, 0.6) is 0 Å². The van der Waals surface area contributed by atoms with Crippen molar-refractivity contribution in [3.8, 4) is 0 Å². The maximum atomic E-state index is 12.8. The number of halogens is 1. The van der Waals surface area contributed by atoms with E-state index < -0.39 is 5.91 Å². The van der Waals surface area contributed by atoms with Gasteiger partial charge in [0, 0.05) is 24.6 Å². The zero-order chi connectivity index (χ0) is 16.7. The van der Waals surface area contributed by atoms with E-state index in [-0.39, 0.29) is 17.3 Å². The number of pyridine rings is 1. The zero-order valence-electron chi connectivity index (χ0n) is 12.8. The molecule has 0 atom stereocenters. The molecule has 0 fully saturated rings. The minimum atomic E-state index is -0.410.